The Morgan fingerprint density at radius 1 is 1.11 bits per heavy atom. The van der Waals surface area contributed by atoms with Crippen molar-refractivity contribution < 1.29 is 4.79 Å². The molecule has 0 radical (unpaired) electrons. The zero-order valence-corrected chi connectivity index (χ0v) is 17.5. The number of anilines is 2. The van der Waals surface area contributed by atoms with Crippen molar-refractivity contribution in [2.45, 2.75) is 27.2 Å². The summed E-state index contributed by atoms with van der Waals surface area (Å²) >= 11 is 1.74. The van der Waals surface area contributed by atoms with Crippen LogP contribution in [0.15, 0.2) is 36.4 Å². The van der Waals surface area contributed by atoms with E-state index in [4.69, 9.17) is 4.98 Å². The van der Waals surface area contributed by atoms with Crippen LogP contribution in [0.25, 0.3) is 10.2 Å². The van der Waals surface area contributed by atoms with E-state index in [1.165, 1.54) is 10.3 Å². The smallest absolute Gasteiger partial charge is 0.321 e. The van der Waals surface area contributed by atoms with Gasteiger partial charge in [0.25, 0.3) is 0 Å². The zero-order chi connectivity index (χ0) is 19.7. The van der Waals surface area contributed by atoms with Crippen LogP contribution in [0.5, 0.6) is 0 Å². The second kappa shape index (κ2) is 7.80. The van der Waals surface area contributed by atoms with Gasteiger partial charge in [0.1, 0.15) is 0 Å². The fourth-order valence-corrected chi connectivity index (χ4v) is 4.83. The van der Waals surface area contributed by atoms with Crippen LogP contribution in [0.1, 0.15) is 23.6 Å². The number of para-hydroxylation sites is 1. The van der Waals surface area contributed by atoms with Gasteiger partial charge >= 0.3 is 6.03 Å². The van der Waals surface area contributed by atoms with Crippen molar-refractivity contribution in [1.29, 1.82) is 0 Å². The van der Waals surface area contributed by atoms with Gasteiger partial charge < -0.3 is 15.1 Å². The molecule has 1 aliphatic rings. The quantitative estimate of drug-likeness (QED) is 0.692. The first-order valence-corrected chi connectivity index (χ1v) is 10.6. The fraction of sp³-hybridized carbons (Fsp3) is 0.364. The van der Waals surface area contributed by atoms with Gasteiger partial charge in [-0.25, -0.2) is 9.78 Å². The molecular formula is C22H26N4OS. The summed E-state index contributed by atoms with van der Waals surface area (Å²) in [6.07, 6.45) is 0.993. The van der Waals surface area contributed by atoms with E-state index in [2.05, 4.69) is 41.4 Å². The number of amides is 2. The third-order valence-corrected chi connectivity index (χ3v) is 6.26. The highest BCUT2D eigenvalue weighted by atomic mass is 32.1. The number of hydrogen-bond donors (Lipinski definition) is 1. The normalized spacial score (nSPS) is 14.5. The van der Waals surface area contributed by atoms with Crippen molar-refractivity contribution >= 4 is 38.4 Å². The molecule has 146 valence electrons. The SMILES string of the molecule is CCc1cccc2sc(N3CCN(C(=O)Nc4cc(C)cc(C)c4)CC3)nc12. The maximum Gasteiger partial charge on any atom is 0.321 e. The number of nitrogens with zero attached hydrogens (tertiary/aromatic N) is 3. The minimum Gasteiger partial charge on any atom is -0.345 e. The van der Waals surface area contributed by atoms with Gasteiger partial charge in [-0.15, -0.1) is 0 Å². The van der Waals surface area contributed by atoms with Gasteiger partial charge in [0.2, 0.25) is 0 Å². The molecule has 1 N–H and O–H groups in total. The molecule has 3 aromatic rings. The summed E-state index contributed by atoms with van der Waals surface area (Å²) in [5.74, 6) is 0. The molecule has 2 heterocycles. The third kappa shape index (κ3) is 3.83. The molecule has 0 unspecified atom stereocenters. The first-order chi connectivity index (χ1) is 13.5. The summed E-state index contributed by atoms with van der Waals surface area (Å²) in [4.78, 5) is 21.7. The molecular weight excluding hydrogens is 368 g/mol. The van der Waals surface area contributed by atoms with Crippen molar-refractivity contribution in [2.24, 2.45) is 0 Å². The lowest BCUT2D eigenvalue weighted by atomic mass is 10.1. The number of aromatic nitrogens is 1. The maximum absolute atomic E-state index is 12.6. The number of piperazine rings is 1. The van der Waals surface area contributed by atoms with Crippen molar-refractivity contribution in [1.82, 2.24) is 9.88 Å². The molecule has 5 nitrogen and oxygen atoms in total. The largest absolute Gasteiger partial charge is 0.345 e. The number of carbonyl (C=O) groups excluding carboxylic acids is 1. The Hall–Kier alpha value is -2.60. The number of rotatable bonds is 3. The third-order valence-electron chi connectivity index (χ3n) is 5.18. The van der Waals surface area contributed by atoms with Crippen LogP contribution in [0.3, 0.4) is 0 Å². The van der Waals surface area contributed by atoms with Crippen LogP contribution in [0.2, 0.25) is 0 Å². The molecule has 6 heteroatoms. The van der Waals surface area contributed by atoms with Crippen molar-refractivity contribution in [3.63, 3.8) is 0 Å². The molecule has 2 amide bonds. The Balaban J connectivity index is 1.41. The second-order valence-electron chi connectivity index (χ2n) is 7.39. The van der Waals surface area contributed by atoms with Crippen LogP contribution < -0.4 is 10.2 Å². The molecule has 28 heavy (non-hydrogen) atoms. The number of carbonyl (C=O) groups is 1. The predicted molar refractivity (Wildman–Crippen MR) is 118 cm³/mol. The molecule has 1 fully saturated rings. The number of nitrogens with one attached hydrogen (secondary N) is 1. The van der Waals surface area contributed by atoms with E-state index in [-0.39, 0.29) is 6.03 Å². The van der Waals surface area contributed by atoms with Gasteiger partial charge in [-0.3, -0.25) is 0 Å². The summed E-state index contributed by atoms with van der Waals surface area (Å²) in [7, 11) is 0. The van der Waals surface area contributed by atoms with Crippen LogP contribution >= 0.6 is 11.3 Å². The Morgan fingerprint density at radius 2 is 1.82 bits per heavy atom. The molecule has 0 spiro atoms. The molecule has 4 rings (SSSR count). The van der Waals surface area contributed by atoms with Crippen LogP contribution in [-0.2, 0) is 6.42 Å². The Morgan fingerprint density at radius 3 is 2.50 bits per heavy atom. The van der Waals surface area contributed by atoms with Crippen molar-refractivity contribution in [2.75, 3.05) is 36.4 Å². The molecule has 0 saturated carbocycles. The van der Waals surface area contributed by atoms with E-state index in [9.17, 15) is 4.79 Å². The van der Waals surface area contributed by atoms with E-state index in [0.717, 1.165) is 47.0 Å². The number of fused-ring (bicyclic) bond motifs is 1. The van der Waals surface area contributed by atoms with Gasteiger partial charge in [-0.1, -0.05) is 36.5 Å². The Bertz CT molecular complexity index is 985. The first-order valence-electron chi connectivity index (χ1n) is 9.81. The first kappa shape index (κ1) is 18.7. The minimum absolute atomic E-state index is 0.0257. The number of aryl methyl sites for hydroxylation is 3. The van der Waals surface area contributed by atoms with E-state index in [1.807, 2.05) is 30.9 Å². The van der Waals surface area contributed by atoms with Crippen LogP contribution in [0.4, 0.5) is 15.6 Å². The summed E-state index contributed by atoms with van der Waals surface area (Å²) < 4.78 is 1.24. The molecule has 1 aromatic heterocycles. The second-order valence-corrected chi connectivity index (χ2v) is 8.40. The summed E-state index contributed by atoms with van der Waals surface area (Å²) in [5.41, 5.74) is 5.60. The monoisotopic (exact) mass is 394 g/mol. The van der Waals surface area contributed by atoms with Gasteiger partial charge in [-0.2, -0.15) is 0 Å². The maximum atomic E-state index is 12.6. The zero-order valence-electron chi connectivity index (χ0n) is 16.7. The van der Waals surface area contributed by atoms with Crippen molar-refractivity contribution in [3.8, 4) is 0 Å². The standard InChI is InChI=1S/C22H26N4OS/c1-4-17-6-5-7-19-20(17)24-22(28-19)26-10-8-25(9-11-26)21(27)23-18-13-15(2)12-16(3)14-18/h5-7,12-14H,4,8-11H2,1-3H3,(H,23,27). The van der Waals surface area contributed by atoms with E-state index in [1.54, 1.807) is 11.3 Å². The summed E-state index contributed by atoms with van der Waals surface area (Å²) in [5, 5.41) is 4.10. The number of thiazole rings is 1. The lowest BCUT2D eigenvalue weighted by molar-refractivity contribution is 0.208. The summed E-state index contributed by atoms with van der Waals surface area (Å²) in [6, 6.07) is 12.5. The Labute approximate surface area is 170 Å². The molecule has 0 aliphatic carbocycles. The van der Waals surface area contributed by atoms with Gasteiger partial charge in [0, 0.05) is 31.9 Å². The lowest BCUT2D eigenvalue weighted by Crippen LogP contribution is -2.50. The molecule has 2 aromatic carbocycles. The van der Waals surface area contributed by atoms with E-state index in [0.29, 0.717) is 13.1 Å². The van der Waals surface area contributed by atoms with Gasteiger partial charge in [0.15, 0.2) is 5.13 Å². The molecule has 0 atom stereocenters. The highest BCUT2D eigenvalue weighted by Gasteiger charge is 2.23. The number of urea groups is 1. The minimum atomic E-state index is -0.0257. The molecule has 1 aliphatic heterocycles. The highest BCUT2D eigenvalue weighted by molar-refractivity contribution is 7.22. The molecule has 0 bridgehead atoms. The lowest BCUT2D eigenvalue weighted by Gasteiger charge is -2.34. The van der Waals surface area contributed by atoms with Gasteiger partial charge in [0.05, 0.1) is 10.2 Å². The highest BCUT2D eigenvalue weighted by Crippen LogP contribution is 2.31. The van der Waals surface area contributed by atoms with Crippen LogP contribution in [-0.4, -0.2) is 42.1 Å². The topological polar surface area (TPSA) is 48.5 Å². The van der Waals surface area contributed by atoms with Gasteiger partial charge in [-0.05, 0) is 55.2 Å². The number of hydrogen-bond acceptors (Lipinski definition) is 4. The fourth-order valence-electron chi connectivity index (χ4n) is 3.76. The molecule has 1 saturated heterocycles. The predicted octanol–water partition coefficient (Wildman–Crippen LogP) is 4.83. The van der Waals surface area contributed by atoms with Crippen molar-refractivity contribution in [3.05, 3.63) is 53.1 Å². The average molecular weight is 395 g/mol. The van der Waals surface area contributed by atoms with Crippen LogP contribution in [0, 0.1) is 13.8 Å². The Kier molecular flexibility index (Phi) is 5.22. The van der Waals surface area contributed by atoms with E-state index < -0.39 is 0 Å². The summed E-state index contributed by atoms with van der Waals surface area (Å²) in [6.45, 7) is 9.27. The van der Waals surface area contributed by atoms with E-state index >= 15 is 0 Å². The number of benzene rings is 2. The average Bonchev–Trinajstić information content (AvgIpc) is 3.11.